The summed E-state index contributed by atoms with van der Waals surface area (Å²) in [7, 11) is 0. The lowest BCUT2D eigenvalue weighted by Crippen LogP contribution is -2.01. The molecule has 2 aromatic rings. The molecule has 1 aromatic heterocycles. The summed E-state index contributed by atoms with van der Waals surface area (Å²) in [5.41, 5.74) is 7.56. The van der Waals surface area contributed by atoms with Gasteiger partial charge in [-0.15, -0.1) is 11.3 Å². The fourth-order valence-electron chi connectivity index (χ4n) is 1.39. The number of halogens is 1. The van der Waals surface area contributed by atoms with Gasteiger partial charge in [0.05, 0.1) is 14.7 Å². The molecule has 0 saturated heterocycles. The van der Waals surface area contributed by atoms with E-state index in [-0.39, 0.29) is 0 Å². The molecule has 0 aliphatic rings. The van der Waals surface area contributed by atoms with E-state index in [0.29, 0.717) is 6.54 Å². The molecule has 0 spiro atoms. The molecule has 14 heavy (non-hydrogen) atoms. The summed E-state index contributed by atoms with van der Waals surface area (Å²) in [6.45, 7) is 2.67. The van der Waals surface area contributed by atoms with Crippen molar-refractivity contribution in [1.82, 2.24) is 4.98 Å². The highest BCUT2D eigenvalue weighted by atomic mass is 35.5. The first-order valence-electron chi connectivity index (χ1n) is 4.46. The van der Waals surface area contributed by atoms with Gasteiger partial charge in [0.1, 0.15) is 5.52 Å². The van der Waals surface area contributed by atoms with E-state index in [4.69, 9.17) is 17.3 Å². The number of benzene rings is 1. The highest BCUT2D eigenvalue weighted by molar-refractivity contribution is 7.18. The largest absolute Gasteiger partial charge is 0.330 e. The van der Waals surface area contributed by atoms with E-state index in [0.717, 1.165) is 26.7 Å². The van der Waals surface area contributed by atoms with Crippen LogP contribution in [0.25, 0.3) is 10.2 Å². The summed E-state index contributed by atoms with van der Waals surface area (Å²) in [4.78, 5) is 4.45. The molecule has 4 heteroatoms. The predicted molar refractivity (Wildman–Crippen MR) is 62.1 cm³/mol. The van der Waals surface area contributed by atoms with Crippen LogP contribution < -0.4 is 5.73 Å². The van der Waals surface area contributed by atoms with Gasteiger partial charge in [-0.3, -0.25) is 0 Å². The highest BCUT2D eigenvalue weighted by Gasteiger charge is 2.07. The number of nitrogens with two attached hydrogens (primary N) is 1. The number of thiazole rings is 1. The number of aryl methyl sites for hydroxylation is 1. The molecule has 0 unspecified atom stereocenters. The monoisotopic (exact) mass is 226 g/mol. The zero-order valence-electron chi connectivity index (χ0n) is 7.88. The van der Waals surface area contributed by atoms with Crippen LogP contribution in [0.3, 0.4) is 0 Å². The molecular weight excluding hydrogens is 216 g/mol. The van der Waals surface area contributed by atoms with Crippen LogP contribution >= 0.6 is 22.9 Å². The molecule has 0 saturated carbocycles. The smallest absolute Gasteiger partial charge is 0.100 e. The van der Waals surface area contributed by atoms with Crippen LogP contribution in [-0.4, -0.2) is 11.5 Å². The van der Waals surface area contributed by atoms with Crippen LogP contribution in [0.1, 0.15) is 10.6 Å². The minimum Gasteiger partial charge on any atom is -0.330 e. The Morgan fingerprint density at radius 2 is 2.29 bits per heavy atom. The molecule has 0 bridgehead atoms. The van der Waals surface area contributed by atoms with Crippen molar-refractivity contribution in [1.29, 1.82) is 0 Å². The Labute approximate surface area is 91.7 Å². The molecule has 1 heterocycles. The van der Waals surface area contributed by atoms with Crippen molar-refractivity contribution in [2.45, 2.75) is 13.3 Å². The molecule has 2 N–H and O–H groups in total. The number of rotatable bonds is 2. The third-order valence-corrected chi connectivity index (χ3v) is 3.35. The molecule has 74 valence electrons. The van der Waals surface area contributed by atoms with Gasteiger partial charge < -0.3 is 5.73 Å². The van der Waals surface area contributed by atoms with Crippen LogP contribution in [0.2, 0.25) is 5.02 Å². The van der Waals surface area contributed by atoms with Gasteiger partial charge in [0.25, 0.3) is 0 Å². The van der Waals surface area contributed by atoms with Crippen LogP contribution in [0.4, 0.5) is 0 Å². The predicted octanol–water partition coefficient (Wildman–Crippen LogP) is 2.76. The highest BCUT2D eigenvalue weighted by Crippen LogP contribution is 2.29. The minimum atomic E-state index is 0.635. The standard InChI is InChI=1S/C10H11ClN2S/c1-6-4-7(11)10-8(5-6)14-9(13-10)2-3-12/h4-5H,2-3,12H2,1H3. The third-order valence-electron chi connectivity index (χ3n) is 2.00. The molecule has 0 aliphatic heterocycles. The van der Waals surface area contributed by atoms with Gasteiger partial charge in [-0.25, -0.2) is 4.98 Å². The first-order chi connectivity index (χ1) is 6.70. The number of hydrogen-bond acceptors (Lipinski definition) is 3. The summed E-state index contributed by atoms with van der Waals surface area (Å²) in [5.74, 6) is 0. The Kier molecular flexibility index (Phi) is 2.72. The van der Waals surface area contributed by atoms with Gasteiger partial charge >= 0.3 is 0 Å². The Hall–Kier alpha value is -0.640. The summed E-state index contributed by atoms with van der Waals surface area (Å²) < 4.78 is 1.15. The summed E-state index contributed by atoms with van der Waals surface area (Å²) in [6, 6.07) is 4.05. The van der Waals surface area contributed by atoms with Crippen LogP contribution in [0.15, 0.2) is 12.1 Å². The second-order valence-corrected chi connectivity index (χ2v) is 4.76. The van der Waals surface area contributed by atoms with E-state index in [1.807, 2.05) is 13.0 Å². The maximum atomic E-state index is 6.09. The Bertz CT molecular complexity index is 464. The number of fused-ring (bicyclic) bond motifs is 1. The lowest BCUT2D eigenvalue weighted by Gasteiger charge is -1.94. The van der Waals surface area contributed by atoms with Crippen molar-refractivity contribution < 1.29 is 0 Å². The fourth-order valence-corrected chi connectivity index (χ4v) is 2.87. The molecule has 2 nitrogen and oxygen atoms in total. The normalized spacial score (nSPS) is 11.1. The second kappa shape index (κ2) is 3.85. The topological polar surface area (TPSA) is 38.9 Å². The third kappa shape index (κ3) is 1.75. The van der Waals surface area contributed by atoms with Crippen molar-refractivity contribution >= 4 is 33.2 Å². The Balaban J connectivity index is 2.58. The van der Waals surface area contributed by atoms with Crippen molar-refractivity contribution in [3.8, 4) is 0 Å². The number of hydrogen-bond donors (Lipinski definition) is 1. The molecule has 0 radical (unpaired) electrons. The lowest BCUT2D eigenvalue weighted by molar-refractivity contribution is 0.958. The van der Waals surface area contributed by atoms with Crippen LogP contribution in [-0.2, 0) is 6.42 Å². The average Bonchev–Trinajstić information content (AvgIpc) is 2.48. The van der Waals surface area contributed by atoms with Gasteiger partial charge in [-0.1, -0.05) is 11.6 Å². The zero-order chi connectivity index (χ0) is 10.1. The molecular formula is C10H11ClN2S. The lowest BCUT2D eigenvalue weighted by atomic mass is 10.2. The molecule has 0 aliphatic carbocycles. The summed E-state index contributed by atoms with van der Waals surface area (Å²) >= 11 is 7.76. The van der Waals surface area contributed by atoms with Gasteiger partial charge in [-0.2, -0.15) is 0 Å². The number of aromatic nitrogens is 1. The van der Waals surface area contributed by atoms with Crippen molar-refractivity contribution in [2.24, 2.45) is 5.73 Å². The Morgan fingerprint density at radius 3 is 3.00 bits per heavy atom. The maximum Gasteiger partial charge on any atom is 0.100 e. The average molecular weight is 227 g/mol. The van der Waals surface area contributed by atoms with E-state index in [1.54, 1.807) is 11.3 Å². The maximum absolute atomic E-state index is 6.09. The minimum absolute atomic E-state index is 0.635. The summed E-state index contributed by atoms with van der Waals surface area (Å²) in [6.07, 6.45) is 0.828. The first-order valence-corrected chi connectivity index (χ1v) is 5.66. The van der Waals surface area contributed by atoms with Gasteiger partial charge in [-0.05, 0) is 31.2 Å². The number of nitrogens with zero attached hydrogens (tertiary/aromatic N) is 1. The molecule has 0 atom stereocenters. The van der Waals surface area contributed by atoms with Gasteiger partial charge in [0, 0.05) is 6.42 Å². The van der Waals surface area contributed by atoms with E-state index >= 15 is 0 Å². The fraction of sp³-hybridized carbons (Fsp3) is 0.300. The van der Waals surface area contributed by atoms with Crippen molar-refractivity contribution in [3.05, 3.63) is 27.7 Å². The quantitative estimate of drug-likeness (QED) is 0.855. The van der Waals surface area contributed by atoms with E-state index in [2.05, 4.69) is 11.1 Å². The zero-order valence-corrected chi connectivity index (χ0v) is 9.45. The second-order valence-electron chi connectivity index (χ2n) is 3.24. The van der Waals surface area contributed by atoms with Crippen LogP contribution in [0.5, 0.6) is 0 Å². The van der Waals surface area contributed by atoms with E-state index < -0.39 is 0 Å². The van der Waals surface area contributed by atoms with E-state index in [9.17, 15) is 0 Å². The van der Waals surface area contributed by atoms with E-state index in [1.165, 1.54) is 5.56 Å². The SMILES string of the molecule is Cc1cc(Cl)c2nc(CCN)sc2c1. The Morgan fingerprint density at radius 1 is 1.50 bits per heavy atom. The van der Waals surface area contributed by atoms with Gasteiger partial charge in [0.2, 0.25) is 0 Å². The van der Waals surface area contributed by atoms with Crippen LogP contribution in [0, 0.1) is 6.92 Å². The molecule has 0 amide bonds. The molecule has 2 rings (SSSR count). The molecule has 1 aromatic carbocycles. The first kappa shape index (κ1) is 9.90. The summed E-state index contributed by atoms with van der Waals surface area (Å²) in [5, 5.41) is 1.80. The van der Waals surface area contributed by atoms with Crippen molar-refractivity contribution in [2.75, 3.05) is 6.54 Å². The molecule has 0 fully saturated rings. The van der Waals surface area contributed by atoms with Crippen molar-refractivity contribution in [3.63, 3.8) is 0 Å². The van der Waals surface area contributed by atoms with Gasteiger partial charge in [0.15, 0.2) is 0 Å².